The zero-order valence-corrected chi connectivity index (χ0v) is 10.9. The fourth-order valence-corrected chi connectivity index (χ4v) is 2.40. The monoisotopic (exact) mass is 259 g/mol. The average Bonchev–Trinajstić information content (AvgIpc) is 2.39. The summed E-state index contributed by atoms with van der Waals surface area (Å²) in [5.41, 5.74) is 1.14. The fourth-order valence-electron chi connectivity index (χ4n) is 2.40. The Hall–Kier alpha value is -2.10. The van der Waals surface area contributed by atoms with Crippen molar-refractivity contribution in [3.05, 3.63) is 42.5 Å². The van der Waals surface area contributed by atoms with Crippen molar-refractivity contribution in [1.29, 1.82) is 0 Å². The molecule has 0 saturated heterocycles. The molecule has 4 heteroatoms. The van der Waals surface area contributed by atoms with Crippen molar-refractivity contribution in [3.8, 4) is 0 Å². The van der Waals surface area contributed by atoms with Crippen LogP contribution in [0, 0.1) is 0 Å². The van der Waals surface area contributed by atoms with E-state index in [1.807, 2.05) is 12.1 Å². The number of methoxy groups -OCH3 is 1. The summed E-state index contributed by atoms with van der Waals surface area (Å²) >= 11 is 0. The number of benzene rings is 1. The number of carbonyl (C=O) groups excluding carboxylic acids is 2. The number of hydrogen-bond acceptors (Lipinski definition) is 3. The molecule has 0 aromatic heterocycles. The molecular formula is C15H17NO3. The van der Waals surface area contributed by atoms with E-state index in [2.05, 4.69) is 11.9 Å². The lowest BCUT2D eigenvalue weighted by molar-refractivity contribution is -0.151. The fraction of sp³-hybridized carbons (Fsp3) is 0.333. The molecule has 19 heavy (non-hydrogen) atoms. The minimum atomic E-state index is -0.490. The van der Waals surface area contributed by atoms with Gasteiger partial charge in [-0.3, -0.25) is 9.59 Å². The van der Waals surface area contributed by atoms with Gasteiger partial charge < -0.3 is 10.1 Å². The van der Waals surface area contributed by atoms with Crippen molar-refractivity contribution in [2.24, 2.45) is 0 Å². The molecule has 1 N–H and O–H groups in total. The molecule has 1 aliphatic carbocycles. The Balaban J connectivity index is 2.20. The third-order valence-corrected chi connectivity index (χ3v) is 3.67. The number of hydrogen-bond donors (Lipinski definition) is 1. The second-order valence-electron chi connectivity index (χ2n) is 4.70. The molecule has 0 aliphatic heterocycles. The molecule has 0 atom stereocenters. The molecule has 0 spiro atoms. The molecule has 0 unspecified atom stereocenters. The largest absolute Gasteiger partial charge is 0.468 e. The van der Waals surface area contributed by atoms with Gasteiger partial charge in [0, 0.05) is 5.69 Å². The molecule has 100 valence electrons. The van der Waals surface area contributed by atoms with Crippen LogP contribution < -0.4 is 5.32 Å². The highest BCUT2D eigenvalue weighted by molar-refractivity contribution is 5.98. The zero-order valence-electron chi connectivity index (χ0n) is 10.9. The number of amides is 1. The summed E-state index contributed by atoms with van der Waals surface area (Å²) in [4.78, 5) is 23.1. The molecule has 1 amide bonds. The van der Waals surface area contributed by atoms with Gasteiger partial charge in [-0.05, 0) is 36.6 Å². The van der Waals surface area contributed by atoms with Crippen LogP contribution in [0.1, 0.15) is 24.8 Å². The van der Waals surface area contributed by atoms with Gasteiger partial charge in [0.05, 0.1) is 12.5 Å². The van der Waals surface area contributed by atoms with E-state index in [0.717, 1.165) is 24.8 Å². The number of ether oxygens (including phenoxy) is 1. The van der Waals surface area contributed by atoms with Crippen LogP contribution in [-0.4, -0.2) is 19.0 Å². The van der Waals surface area contributed by atoms with E-state index in [9.17, 15) is 9.59 Å². The van der Waals surface area contributed by atoms with Crippen LogP contribution >= 0.6 is 0 Å². The van der Waals surface area contributed by atoms with Crippen LogP contribution in [0.3, 0.4) is 0 Å². The summed E-state index contributed by atoms with van der Waals surface area (Å²) in [6.07, 6.45) is 3.88. The van der Waals surface area contributed by atoms with Gasteiger partial charge in [-0.1, -0.05) is 25.1 Å². The van der Waals surface area contributed by atoms with Gasteiger partial charge in [-0.25, -0.2) is 0 Å². The molecular weight excluding hydrogens is 242 g/mol. The van der Waals surface area contributed by atoms with Crippen molar-refractivity contribution in [1.82, 2.24) is 0 Å². The minimum Gasteiger partial charge on any atom is -0.468 e. The Morgan fingerprint density at radius 3 is 2.37 bits per heavy atom. The molecule has 1 saturated carbocycles. The Kier molecular flexibility index (Phi) is 3.69. The zero-order chi connectivity index (χ0) is 13.9. The van der Waals surface area contributed by atoms with Crippen molar-refractivity contribution >= 4 is 17.6 Å². The molecule has 4 nitrogen and oxygen atoms in total. The molecule has 1 aliphatic rings. The highest BCUT2D eigenvalue weighted by Gasteiger charge is 2.46. The number of carbonyl (C=O) groups is 2. The van der Waals surface area contributed by atoms with E-state index < -0.39 is 5.41 Å². The summed E-state index contributed by atoms with van der Waals surface area (Å²) in [5, 5.41) is 2.68. The van der Waals surface area contributed by atoms with Gasteiger partial charge in [0.2, 0.25) is 5.91 Å². The van der Waals surface area contributed by atoms with Gasteiger partial charge in [0.1, 0.15) is 0 Å². The maximum atomic E-state index is 11.9. The van der Waals surface area contributed by atoms with Gasteiger partial charge in [-0.15, -0.1) is 0 Å². The lowest BCUT2D eigenvalue weighted by Gasteiger charge is -2.39. The van der Waals surface area contributed by atoms with E-state index in [0.29, 0.717) is 5.69 Å². The van der Waals surface area contributed by atoms with Crippen molar-refractivity contribution in [2.75, 3.05) is 12.4 Å². The van der Waals surface area contributed by atoms with Crippen LogP contribution in [-0.2, 0) is 19.7 Å². The molecule has 0 radical (unpaired) electrons. The van der Waals surface area contributed by atoms with E-state index in [1.165, 1.54) is 13.2 Å². The quantitative estimate of drug-likeness (QED) is 0.667. The third-order valence-electron chi connectivity index (χ3n) is 3.67. The first-order valence-electron chi connectivity index (χ1n) is 6.25. The summed E-state index contributed by atoms with van der Waals surface area (Å²) in [6, 6.07) is 7.32. The standard InChI is InChI=1S/C15H17NO3/c1-3-13(17)16-12-7-5-11(6-8-12)15(9-4-10-15)14(18)19-2/h3,5-8H,1,4,9-10H2,2H3,(H,16,17). The summed E-state index contributed by atoms with van der Waals surface area (Å²) in [7, 11) is 1.42. The Labute approximate surface area is 112 Å². The predicted octanol–water partition coefficient (Wildman–Crippen LogP) is 2.41. The molecule has 0 bridgehead atoms. The Morgan fingerprint density at radius 2 is 1.95 bits per heavy atom. The van der Waals surface area contributed by atoms with Crippen LogP contribution in [0.25, 0.3) is 0 Å². The Morgan fingerprint density at radius 1 is 1.32 bits per heavy atom. The Bertz CT molecular complexity index is 501. The normalized spacial score (nSPS) is 16.1. The maximum absolute atomic E-state index is 11.9. The SMILES string of the molecule is C=CC(=O)Nc1ccc(C2(C(=O)OC)CCC2)cc1. The summed E-state index contributed by atoms with van der Waals surface area (Å²) < 4.78 is 4.90. The van der Waals surface area contributed by atoms with E-state index in [-0.39, 0.29) is 11.9 Å². The first kappa shape index (κ1) is 13.3. The number of anilines is 1. The summed E-state index contributed by atoms with van der Waals surface area (Å²) in [5.74, 6) is -0.430. The van der Waals surface area contributed by atoms with Crippen LogP contribution in [0.2, 0.25) is 0 Å². The van der Waals surface area contributed by atoms with Crippen LogP contribution in [0.4, 0.5) is 5.69 Å². The average molecular weight is 259 g/mol. The van der Waals surface area contributed by atoms with E-state index in [1.54, 1.807) is 12.1 Å². The molecule has 0 heterocycles. The maximum Gasteiger partial charge on any atom is 0.316 e. The van der Waals surface area contributed by atoms with Gasteiger partial charge in [-0.2, -0.15) is 0 Å². The van der Waals surface area contributed by atoms with Gasteiger partial charge in [0.25, 0.3) is 0 Å². The molecule has 1 aromatic carbocycles. The second kappa shape index (κ2) is 5.26. The van der Waals surface area contributed by atoms with Gasteiger partial charge in [0.15, 0.2) is 0 Å². The van der Waals surface area contributed by atoms with E-state index in [4.69, 9.17) is 4.74 Å². The second-order valence-corrected chi connectivity index (χ2v) is 4.70. The molecule has 1 fully saturated rings. The van der Waals surface area contributed by atoms with Crippen molar-refractivity contribution in [3.63, 3.8) is 0 Å². The predicted molar refractivity (Wildman–Crippen MR) is 72.8 cm³/mol. The summed E-state index contributed by atoms with van der Waals surface area (Å²) in [6.45, 7) is 3.40. The first-order valence-corrected chi connectivity index (χ1v) is 6.25. The number of nitrogens with one attached hydrogen (secondary N) is 1. The van der Waals surface area contributed by atoms with Crippen LogP contribution in [0.5, 0.6) is 0 Å². The smallest absolute Gasteiger partial charge is 0.316 e. The number of rotatable bonds is 4. The minimum absolute atomic E-state index is 0.179. The highest BCUT2D eigenvalue weighted by Crippen LogP contribution is 2.44. The first-order chi connectivity index (χ1) is 9.12. The number of esters is 1. The van der Waals surface area contributed by atoms with Crippen LogP contribution in [0.15, 0.2) is 36.9 Å². The topological polar surface area (TPSA) is 55.4 Å². The highest BCUT2D eigenvalue weighted by atomic mass is 16.5. The van der Waals surface area contributed by atoms with Gasteiger partial charge >= 0.3 is 5.97 Å². The third kappa shape index (κ3) is 2.38. The van der Waals surface area contributed by atoms with Crippen molar-refractivity contribution in [2.45, 2.75) is 24.7 Å². The lowest BCUT2D eigenvalue weighted by atomic mass is 9.64. The molecule has 1 aromatic rings. The molecule has 2 rings (SSSR count). The van der Waals surface area contributed by atoms with E-state index >= 15 is 0 Å². The van der Waals surface area contributed by atoms with Crippen molar-refractivity contribution < 1.29 is 14.3 Å². The lowest BCUT2D eigenvalue weighted by Crippen LogP contribution is -2.43.